The van der Waals surface area contributed by atoms with Crippen LogP contribution in [-0.2, 0) is 48.3 Å². The lowest BCUT2D eigenvalue weighted by Gasteiger charge is -2.46. The molecule has 0 bridgehead atoms. The van der Waals surface area contributed by atoms with Crippen LogP contribution in [0.2, 0.25) is 0 Å². The first-order chi connectivity index (χ1) is 31.1. The Morgan fingerprint density at radius 3 is 1.92 bits per heavy atom. The van der Waals surface area contributed by atoms with E-state index < -0.39 is 110 Å². The van der Waals surface area contributed by atoms with Gasteiger partial charge in [-0.3, -0.25) is 14.4 Å². The van der Waals surface area contributed by atoms with Crippen LogP contribution in [0.25, 0.3) is 0 Å². The summed E-state index contributed by atoms with van der Waals surface area (Å²) < 4.78 is 55.6. The summed E-state index contributed by atoms with van der Waals surface area (Å²) >= 11 is 0. The molecule has 4 aliphatic rings. The monoisotopic (exact) mass is 914 g/mol. The van der Waals surface area contributed by atoms with Crippen molar-refractivity contribution >= 4 is 29.9 Å². The SMILES string of the molecule is CC(=O)Oc1ccc2c(c1)Oc1cc(OC(C)=O)ccc1C21OC(=O)c2cc(C(=O)NCCOCCO[C@@H]3O[C@@H](CO)[C@@H](O)[C@H](O)[C@@H]3O[C@H]3O[C@H](CO)[C@@H](O)[C@H](OC(N)=O)[C@@H]3O)ccc21. The highest BCUT2D eigenvalue weighted by Gasteiger charge is 2.55. The number of primary amides is 1. The Bertz CT molecular complexity index is 2220. The minimum absolute atomic E-state index is 0.00972. The first-order valence-corrected chi connectivity index (χ1v) is 20.1. The van der Waals surface area contributed by atoms with Gasteiger partial charge >= 0.3 is 24.0 Å². The summed E-state index contributed by atoms with van der Waals surface area (Å²) in [5, 5.41) is 64.7. The number of carbonyl (C=O) groups is 5. The molecular weight excluding hydrogens is 868 g/mol. The molecule has 2 fully saturated rings. The Hall–Kier alpha value is -5.83. The summed E-state index contributed by atoms with van der Waals surface area (Å²) in [7, 11) is 0. The number of aliphatic hydroxyl groups excluding tert-OH is 6. The Balaban J connectivity index is 0.977. The number of hydrogen-bond acceptors (Lipinski definition) is 21. The van der Waals surface area contributed by atoms with E-state index in [4.69, 9.17) is 53.1 Å². The third-order valence-electron chi connectivity index (χ3n) is 10.8. The van der Waals surface area contributed by atoms with E-state index in [0.717, 1.165) is 0 Å². The molecule has 0 aliphatic carbocycles. The quantitative estimate of drug-likeness (QED) is 0.0493. The molecular formula is C42H46N2O21. The summed E-state index contributed by atoms with van der Waals surface area (Å²) in [6.07, 6.45) is -17.9. The lowest BCUT2D eigenvalue weighted by Crippen LogP contribution is -2.65. The molecule has 1 spiro atoms. The Morgan fingerprint density at radius 1 is 0.723 bits per heavy atom. The van der Waals surface area contributed by atoms with Crippen molar-refractivity contribution in [1.82, 2.24) is 5.32 Å². The van der Waals surface area contributed by atoms with E-state index in [2.05, 4.69) is 5.32 Å². The van der Waals surface area contributed by atoms with Gasteiger partial charge in [0.15, 0.2) is 24.3 Å². The summed E-state index contributed by atoms with van der Waals surface area (Å²) in [5.74, 6) is -1.75. The molecule has 3 aromatic rings. The van der Waals surface area contributed by atoms with Crippen molar-refractivity contribution < 1.29 is 102 Å². The Kier molecular flexibility index (Phi) is 14.3. The van der Waals surface area contributed by atoms with E-state index in [1.54, 1.807) is 18.2 Å². The smallest absolute Gasteiger partial charge is 0.404 e. The molecule has 23 heteroatoms. The number of nitrogens with one attached hydrogen (secondary N) is 1. The molecule has 350 valence electrons. The Labute approximate surface area is 368 Å². The average Bonchev–Trinajstić information content (AvgIpc) is 3.55. The van der Waals surface area contributed by atoms with E-state index in [1.807, 2.05) is 0 Å². The number of ether oxygens (including phenoxy) is 10. The van der Waals surface area contributed by atoms with Crippen LogP contribution in [0.15, 0.2) is 54.6 Å². The summed E-state index contributed by atoms with van der Waals surface area (Å²) in [6, 6.07) is 13.6. The maximum absolute atomic E-state index is 13.6. The summed E-state index contributed by atoms with van der Waals surface area (Å²) in [4.78, 5) is 61.8. The lowest BCUT2D eigenvalue weighted by molar-refractivity contribution is -0.367. The molecule has 9 N–H and O–H groups in total. The van der Waals surface area contributed by atoms with Crippen LogP contribution < -0.4 is 25.3 Å². The van der Waals surface area contributed by atoms with Gasteiger partial charge in [0.2, 0.25) is 0 Å². The number of esters is 3. The van der Waals surface area contributed by atoms with Crippen molar-refractivity contribution in [2.45, 2.75) is 80.9 Å². The molecule has 0 radical (unpaired) electrons. The second-order valence-corrected chi connectivity index (χ2v) is 15.1. The number of hydrogen-bond donors (Lipinski definition) is 8. The minimum atomic E-state index is -1.90. The number of nitrogens with two attached hydrogens (primary N) is 1. The van der Waals surface area contributed by atoms with Crippen molar-refractivity contribution in [2.75, 3.05) is 39.6 Å². The van der Waals surface area contributed by atoms with E-state index in [9.17, 15) is 54.6 Å². The highest BCUT2D eigenvalue weighted by Crippen LogP contribution is 2.57. The second kappa shape index (κ2) is 19.7. The first kappa shape index (κ1) is 47.1. The van der Waals surface area contributed by atoms with Gasteiger partial charge in [-0.1, -0.05) is 6.07 Å². The van der Waals surface area contributed by atoms with Crippen molar-refractivity contribution in [3.8, 4) is 23.0 Å². The maximum atomic E-state index is 13.6. The molecule has 10 atom stereocenters. The van der Waals surface area contributed by atoms with Gasteiger partial charge < -0.3 is 89.1 Å². The predicted molar refractivity (Wildman–Crippen MR) is 211 cm³/mol. The van der Waals surface area contributed by atoms with Crippen LogP contribution in [0.5, 0.6) is 23.0 Å². The molecule has 0 aromatic heterocycles. The zero-order chi connectivity index (χ0) is 46.7. The van der Waals surface area contributed by atoms with E-state index in [1.165, 1.54) is 50.2 Å². The van der Waals surface area contributed by atoms with Crippen LogP contribution in [0.4, 0.5) is 4.79 Å². The zero-order valence-corrected chi connectivity index (χ0v) is 34.6. The summed E-state index contributed by atoms with van der Waals surface area (Å²) in [5.41, 5.74) is 4.85. The third-order valence-corrected chi connectivity index (χ3v) is 10.8. The normalized spacial score (nSPS) is 27.3. The second-order valence-electron chi connectivity index (χ2n) is 15.1. The lowest BCUT2D eigenvalue weighted by atomic mass is 9.77. The molecule has 65 heavy (non-hydrogen) atoms. The van der Waals surface area contributed by atoms with Crippen molar-refractivity contribution in [2.24, 2.45) is 5.73 Å². The van der Waals surface area contributed by atoms with Crippen molar-refractivity contribution in [3.63, 3.8) is 0 Å². The molecule has 4 heterocycles. The Morgan fingerprint density at radius 2 is 1.32 bits per heavy atom. The van der Waals surface area contributed by atoms with Crippen LogP contribution >= 0.6 is 0 Å². The van der Waals surface area contributed by atoms with Crippen LogP contribution in [0.1, 0.15) is 51.3 Å². The van der Waals surface area contributed by atoms with Gasteiger partial charge in [0.1, 0.15) is 65.7 Å². The van der Waals surface area contributed by atoms with Crippen molar-refractivity contribution in [3.05, 3.63) is 82.4 Å². The standard InChI is InChI=1S/C42H46N2O21/c1-18(47)58-21-4-7-25-27(14-21)60-28-15-22(59-19(2)48)5-8-26(28)42(25)24-6-3-20(13-23(24)38(54)65-42)37(53)44-9-10-56-11-12-57-40-36(33(51)31(49)29(16-45)62-40)63-39-34(52)35(64-41(43)55)32(50)30(17-46)61-39/h3-8,13-15,29-36,39-40,45-46,49-52H,9-12,16-17H2,1-2H3,(H2,43,55)(H,44,53)/t29-,30+,31+,32+,33-,34-,35-,36-,39+,40+/m0/s1. The number of benzene rings is 3. The average molecular weight is 915 g/mol. The summed E-state index contributed by atoms with van der Waals surface area (Å²) in [6.45, 7) is 0.526. The molecule has 2 amide bonds. The predicted octanol–water partition coefficient (Wildman–Crippen LogP) is -1.40. The van der Waals surface area contributed by atoms with Gasteiger partial charge in [-0.2, -0.15) is 0 Å². The number of rotatable bonds is 15. The molecule has 23 nitrogen and oxygen atoms in total. The van der Waals surface area contributed by atoms with Gasteiger partial charge in [-0.05, 0) is 36.4 Å². The van der Waals surface area contributed by atoms with Crippen LogP contribution in [0.3, 0.4) is 0 Å². The fourth-order valence-corrected chi connectivity index (χ4v) is 7.88. The molecule has 7 rings (SSSR count). The molecule has 0 unspecified atom stereocenters. The van der Waals surface area contributed by atoms with Gasteiger partial charge in [0.25, 0.3) is 5.91 Å². The number of fused-ring (bicyclic) bond motifs is 6. The van der Waals surface area contributed by atoms with Gasteiger partial charge in [-0.25, -0.2) is 9.59 Å². The fourth-order valence-electron chi connectivity index (χ4n) is 7.88. The first-order valence-electron chi connectivity index (χ1n) is 20.1. The van der Waals surface area contributed by atoms with E-state index in [0.29, 0.717) is 16.7 Å². The van der Waals surface area contributed by atoms with Gasteiger partial charge in [0.05, 0.1) is 38.6 Å². The fraction of sp³-hybridized carbons (Fsp3) is 0.452. The highest BCUT2D eigenvalue weighted by atomic mass is 16.8. The molecule has 0 saturated carbocycles. The number of aliphatic hydroxyl groups is 6. The van der Waals surface area contributed by atoms with E-state index >= 15 is 0 Å². The number of carbonyl (C=O) groups excluding carboxylic acids is 5. The largest absolute Gasteiger partial charge is 0.456 e. The topological polar surface area (TPSA) is 337 Å². The van der Waals surface area contributed by atoms with Gasteiger partial charge in [0, 0.05) is 54.8 Å². The number of amides is 2. The van der Waals surface area contributed by atoms with Gasteiger partial charge in [-0.15, -0.1) is 0 Å². The third kappa shape index (κ3) is 9.61. The zero-order valence-electron chi connectivity index (χ0n) is 34.6. The highest BCUT2D eigenvalue weighted by molar-refractivity contribution is 6.01. The molecule has 4 aliphatic heterocycles. The maximum Gasteiger partial charge on any atom is 0.404 e. The van der Waals surface area contributed by atoms with Crippen molar-refractivity contribution in [1.29, 1.82) is 0 Å². The van der Waals surface area contributed by atoms with Crippen LogP contribution in [-0.4, -0.2) is 162 Å². The molecule has 2 saturated heterocycles. The van der Waals surface area contributed by atoms with E-state index in [-0.39, 0.29) is 60.5 Å². The molecule has 3 aromatic carbocycles. The minimum Gasteiger partial charge on any atom is -0.456 e. The van der Waals surface area contributed by atoms with Crippen LogP contribution in [0, 0.1) is 0 Å².